The molecule has 0 aliphatic carbocycles. The molecule has 1 aromatic rings. The Bertz CT molecular complexity index is 597. The Morgan fingerprint density at radius 1 is 1.47 bits per heavy atom. The zero-order valence-corrected chi connectivity index (χ0v) is 12.3. The van der Waals surface area contributed by atoms with Crippen LogP contribution in [0.4, 0.5) is 0 Å². The molecule has 0 saturated carbocycles. The van der Waals surface area contributed by atoms with Crippen LogP contribution in [0.3, 0.4) is 0 Å². The van der Waals surface area contributed by atoms with Crippen molar-refractivity contribution in [1.82, 2.24) is 9.62 Å². The maximum Gasteiger partial charge on any atom is 0.251 e. The monoisotopic (exact) mass is 302 g/mol. The van der Waals surface area contributed by atoms with Crippen LogP contribution in [0.1, 0.15) is 10.4 Å². The van der Waals surface area contributed by atoms with Crippen LogP contribution >= 0.6 is 11.6 Å². The first-order valence-electron chi connectivity index (χ1n) is 5.42. The molecular weight excluding hydrogens is 288 g/mol. The lowest BCUT2D eigenvalue weighted by Crippen LogP contribution is -2.25. The number of halogens is 1. The molecule has 0 atom stereocenters. The third-order valence-electron chi connectivity index (χ3n) is 2.36. The second-order valence-corrected chi connectivity index (χ2v) is 6.46. The van der Waals surface area contributed by atoms with Gasteiger partial charge in [-0.05, 0) is 18.2 Å². The Labute approximate surface area is 117 Å². The Morgan fingerprint density at radius 2 is 2.11 bits per heavy atom. The van der Waals surface area contributed by atoms with Crippen molar-refractivity contribution in [3.63, 3.8) is 0 Å². The average molecular weight is 303 g/mol. The maximum absolute atomic E-state index is 12.0. The zero-order valence-electron chi connectivity index (χ0n) is 10.7. The molecule has 0 heterocycles. The van der Waals surface area contributed by atoms with Crippen molar-refractivity contribution < 1.29 is 13.2 Å². The fourth-order valence-corrected chi connectivity index (χ4v) is 2.70. The van der Waals surface area contributed by atoms with E-state index in [1.165, 1.54) is 38.4 Å². The minimum Gasteiger partial charge on any atom is -0.349 e. The summed E-state index contributed by atoms with van der Waals surface area (Å²) in [6, 6.07) is 4.12. The van der Waals surface area contributed by atoms with Gasteiger partial charge in [-0.3, -0.25) is 4.79 Å². The number of rotatable bonds is 5. The number of benzene rings is 1. The number of nitrogens with zero attached hydrogens (tertiary/aromatic N) is 1. The standard InChI is InChI=1S/C12H15ClN2O3S/c1-4-7-14-12(16)9-5-6-10(13)11(8-9)19(17,18)15(2)3/h4-6,8H,1,7H2,2-3H3,(H,14,16). The third kappa shape index (κ3) is 3.56. The van der Waals surface area contributed by atoms with Crippen LogP contribution < -0.4 is 5.32 Å². The van der Waals surface area contributed by atoms with Crippen LogP contribution in [-0.4, -0.2) is 39.3 Å². The van der Waals surface area contributed by atoms with Crippen molar-refractivity contribution in [3.8, 4) is 0 Å². The van der Waals surface area contributed by atoms with Gasteiger partial charge in [0.15, 0.2) is 0 Å². The molecule has 0 fully saturated rings. The van der Waals surface area contributed by atoms with E-state index in [2.05, 4.69) is 11.9 Å². The van der Waals surface area contributed by atoms with Gasteiger partial charge in [-0.1, -0.05) is 17.7 Å². The lowest BCUT2D eigenvalue weighted by atomic mass is 10.2. The number of sulfonamides is 1. The Balaban J connectivity index is 3.22. The number of hydrogen-bond acceptors (Lipinski definition) is 3. The highest BCUT2D eigenvalue weighted by atomic mass is 35.5. The van der Waals surface area contributed by atoms with E-state index in [4.69, 9.17) is 11.6 Å². The molecule has 0 unspecified atom stereocenters. The Hall–Kier alpha value is -1.37. The van der Waals surface area contributed by atoms with Crippen LogP contribution in [0.15, 0.2) is 35.7 Å². The predicted molar refractivity (Wildman–Crippen MR) is 74.9 cm³/mol. The van der Waals surface area contributed by atoms with E-state index in [1.807, 2.05) is 0 Å². The van der Waals surface area contributed by atoms with E-state index < -0.39 is 10.0 Å². The van der Waals surface area contributed by atoms with Gasteiger partial charge in [0.2, 0.25) is 10.0 Å². The van der Waals surface area contributed by atoms with Gasteiger partial charge in [0.1, 0.15) is 4.90 Å². The van der Waals surface area contributed by atoms with E-state index in [9.17, 15) is 13.2 Å². The summed E-state index contributed by atoms with van der Waals surface area (Å²) in [6.45, 7) is 3.78. The van der Waals surface area contributed by atoms with E-state index in [-0.39, 0.29) is 21.4 Å². The van der Waals surface area contributed by atoms with Crippen LogP contribution in [-0.2, 0) is 10.0 Å². The molecule has 0 aliphatic rings. The van der Waals surface area contributed by atoms with Gasteiger partial charge in [-0.2, -0.15) is 0 Å². The molecule has 0 spiro atoms. The summed E-state index contributed by atoms with van der Waals surface area (Å²) in [6.07, 6.45) is 1.53. The molecule has 19 heavy (non-hydrogen) atoms. The summed E-state index contributed by atoms with van der Waals surface area (Å²) < 4.78 is 25.1. The molecule has 0 saturated heterocycles. The van der Waals surface area contributed by atoms with Crippen molar-refractivity contribution in [2.45, 2.75) is 4.90 Å². The van der Waals surface area contributed by atoms with Gasteiger partial charge in [0, 0.05) is 26.2 Å². The molecule has 0 bridgehead atoms. The molecule has 1 N–H and O–H groups in total. The minimum absolute atomic E-state index is 0.0778. The number of hydrogen-bond donors (Lipinski definition) is 1. The number of carbonyl (C=O) groups is 1. The normalized spacial score (nSPS) is 11.4. The summed E-state index contributed by atoms with van der Waals surface area (Å²) in [5, 5.41) is 2.65. The summed E-state index contributed by atoms with van der Waals surface area (Å²) in [5.74, 6) is -0.383. The van der Waals surface area contributed by atoms with E-state index in [1.54, 1.807) is 0 Å². The highest BCUT2D eigenvalue weighted by molar-refractivity contribution is 7.89. The van der Waals surface area contributed by atoms with Gasteiger partial charge >= 0.3 is 0 Å². The fraction of sp³-hybridized carbons (Fsp3) is 0.250. The van der Waals surface area contributed by atoms with Crippen molar-refractivity contribution in [1.29, 1.82) is 0 Å². The van der Waals surface area contributed by atoms with Crippen molar-refractivity contribution in [3.05, 3.63) is 41.4 Å². The molecule has 5 nitrogen and oxygen atoms in total. The highest BCUT2D eigenvalue weighted by Gasteiger charge is 2.22. The van der Waals surface area contributed by atoms with Crippen LogP contribution in [0.5, 0.6) is 0 Å². The van der Waals surface area contributed by atoms with E-state index in [0.717, 1.165) is 4.31 Å². The van der Waals surface area contributed by atoms with E-state index >= 15 is 0 Å². The average Bonchev–Trinajstić information content (AvgIpc) is 2.36. The van der Waals surface area contributed by atoms with Gasteiger partial charge in [0.25, 0.3) is 5.91 Å². The zero-order chi connectivity index (χ0) is 14.6. The third-order valence-corrected chi connectivity index (χ3v) is 4.66. The summed E-state index contributed by atoms with van der Waals surface area (Å²) in [5.41, 5.74) is 0.228. The predicted octanol–water partition coefficient (Wildman–Crippen LogP) is 1.51. The summed E-state index contributed by atoms with van der Waals surface area (Å²) in [4.78, 5) is 11.7. The van der Waals surface area contributed by atoms with Gasteiger partial charge in [-0.15, -0.1) is 6.58 Å². The molecule has 7 heteroatoms. The quantitative estimate of drug-likeness (QED) is 0.838. The SMILES string of the molecule is C=CCNC(=O)c1ccc(Cl)c(S(=O)(=O)N(C)C)c1. The van der Waals surface area contributed by atoms with Crippen LogP contribution in [0.25, 0.3) is 0 Å². The molecule has 1 rings (SSSR count). The number of nitrogens with one attached hydrogen (secondary N) is 1. The highest BCUT2D eigenvalue weighted by Crippen LogP contribution is 2.24. The molecule has 1 amide bonds. The summed E-state index contributed by atoms with van der Waals surface area (Å²) in [7, 11) is -0.885. The van der Waals surface area contributed by atoms with Gasteiger partial charge < -0.3 is 5.32 Å². The largest absolute Gasteiger partial charge is 0.349 e. The molecule has 0 aliphatic heterocycles. The number of amides is 1. The lowest BCUT2D eigenvalue weighted by molar-refractivity contribution is 0.0958. The smallest absolute Gasteiger partial charge is 0.251 e. The maximum atomic E-state index is 12.0. The van der Waals surface area contributed by atoms with Crippen LogP contribution in [0.2, 0.25) is 5.02 Å². The first kappa shape index (κ1) is 15.7. The van der Waals surface area contributed by atoms with E-state index in [0.29, 0.717) is 6.54 Å². The second-order valence-electron chi connectivity index (χ2n) is 3.93. The molecular formula is C12H15ClN2O3S. The van der Waals surface area contributed by atoms with Crippen LogP contribution in [0, 0.1) is 0 Å². The number of carbonyl (C=O) groups excluding carboxylic acids is 1. The lowest BCUT2D eigenvalue weighted by Gasteiger charge is -2.13. The van der Waals surface area contributed by atoms with Crippen molar-refractivity contribution >= 4 is 27.5 Å². The summed E-state index contributed by atoms with van der Waals surface area (Å²) >= 11 is 5.88. The topological polar surface area (TPSA) is 66.5 Å². The van der Waals surface area contributed by atoms with Gasteiger partial charge in [-0.25, -0.2) is 12.7 Å². The van der Waals surface area contributed by atoms with Crippen molar-refractivity contribution in [2.75, 3.05) is 20.6 Å². The first-order valence-corrected chi connectivity index (χ1v) is 7.23. The first-order chi connectivity index (χ1) is 8.80. The molecule has 104 valence electrons. The molecule has 0 aromatic heterocycles. The Kier molecular flexibility index (Phi) is 5.11. The van der Waals surface area contributed by atoms with Crippen molar-refractivity contribution in [2.24, 2.45) is 0 Å². The van der Waals surface area contributed by atoms with Gasteiger partial charge in [0.05, 0.1) is 5.02 Å². The molecule has 0 radical (unpaired) electrons. The Morgan fingerprint density at radius 3 is 2.63 bits per heavy atom. The fourth-order valence-electron chi connectivity index (χ4n) is 1.31. The molecule has 1 aromatic carbocycles. The second kappa shape index (κ2) is 6.18. The minimum atomic E-state index is -3.68.